The van der Waals surface area contributed by atoms with Gasteiger partial charge in [0.1, 0.15) is 0 Å². The molecule has 150 valence electrons. The van der Waals surface area contributed by atoms with Crippen LogP contribution in [0, 0.1) is 5.82 Å². The Kier molecular flexibility index (Phi) is 5.64. The molecule has 1 atom stereocenters. The molecule has 3 aromatic heterocycles. The first-order valence-corrected chi connectivity index (χ1v) is 9.50. The Morgan fingerprint density at radius 3 is 2.97 bits per heavy atom. The van der Waals surface area contributed by atoms with Crippen molar-refractivity contribution in [2.45, 2.75) is 19.0 Å². The molecule has 4 heterocycles. The summed E-state index contributed by atoms with van der Waals surface area (Å²) < 4.78 is 15.7. The van der Waals surface area contributed by atoms with Crippen LogP contribution >= 0.6 is 0 Å². The van der Waals surface area contributed by atoms with E-state index in [4.69, 9.17) is 0 Å². The summed E-state index contributed by atoms with van der Waals surface area (Å²) in [5, 5.41) is 10.9. The molecule has 0 radical (unpaired) electrons. The summed E-state index contributed by atoms with van der Waals surface area (Å²) in [5.41, 5.74) is 1.07. The number of rotatable bonds is 5. The maximum absolute atomic E-state index is 14.0. The highest BCUT2D eigenvalue weighted by Gasteiger charge is 2.25. The number of aromatic nitrogens is 4. The fraction of sp³-hybridized carbons (Fsp3) is 0.300. The third kappa shape index (κ3) is 4.50. The molecule has 1 saturated heterocycles. The fourth-order valence-electron chi connectivity index (χ4n) is 3.35. The van der Waals surface area contributed by atoms with Crippen LogP contribution in [-0.2, 0) is 6.54 Å². The molecule has 0 spiro atoms. The molecule has 0 amide bonds. The number of nitrogens with zero attached hydrogens (tertiary/aromatic N) is 6. The number of hydrogen-bond donors (Lipinski definition) is 2. The highest BCUT2D eigenvalue weighted by atomic mass is 19.1. The molecule has 4 rings (SSSR count). The van der Waals surface area contributed by atoms with Gasteiger partial charge in [-0.1, -0.05) is 0 Å². The topological polar surface area (TPSA) is 83.3 Å². The summed E-state index contributed by atoms with van der Waals surface area (Å²) in [6.45, 7) is 2.02. The first-order chi connectivity index (χ1) is 14.2. The third-order valence-electron chi connectivity index (χ3n) is 4.80. The minimum atomic E-state index is -0.290. The van der Waals surface area contributed by atoms with Gasteiger partial charge in [-0.2, -0.15) is 5.10 Å². The van der Waals surface area contributed by atoms with E-state index in [1.165, 1.54) is 6.07 Å². The largest absolute Gasteiger partial charge is 0.352 e. The monoisotopic (exact) mass is 394 g/mol. The quantitative estimate of drug-likeness (QED) is 0.507. The van der Waals surface area contributed by atoms with Crippen LogP contribution in [0.3, 0.4) is 0 Å². The number of anilines is 1. The first kappa shape index (κ1) is 18.9. The van der Waals surface area contributed by atoms with Crippen LogP contribution in [0.25, 0.3) is 5.82 Å². The van der Waals surface area contributed by atoms with Gasteiger partial charge in [0.25, 0.3) is 0 Å². The maximum Gasteiger partial charge on any atom is 0.191 e. The Bertz CT molecular complexity index is 972. The summed E-state index contributed by atoms with van der Waals surface area (Å²) in [4.78, 5) is 14.8. The van der Waals surface area contributed by atoms with Crippen molar-refractivity contribution in [1.29, 1.82) is 0 Å². The molecule has 8 nitrogen and oxygen atoms in total. The molecule has 0 aliphatic carbocycles. The molecule has 1 unspecified atom stereocenters. The van der Waals surface area contributed by atoms with Gasteiger partial charge in [0.15, 0.2) is 23.4 Å². The predicted octanol–water partition coefficient (Wildman–Crippen LogP) is 1.75. The van der Waals surface area contributed by atoms with Gasteiger partial charge in [0.05, 0.1) is 0 Å². The van der Waals surface area contributed by atoms with Crippen molar-refractivity contribution < 1.29 is 4.39 Å². The van der Waals surface area contributed by atoms with Crippen LogP contribution in [0.5, 0.6) is 0 Å². The zero-order valence-electron chi connectivity index (χ0n) is 16.2. The van der Waals surface area contributed by atoms with Crippen LogP contribution in [0.15, 0.2) is 60.1 Å². The Hall–Kier alpha value is -3.49. The van der Waals surface area contributed by atoms with Crippen molar-refractivity contribution in [1.82, 2.24) is 30.4 Å². The van der Waals surface area contributed by atoms with Gasteiger partial charge in [-0.3, -0.25) is 4.99 Å². The number of hydrogen-bond acceptors (Lipinski definition) is 5. The van der Waals surface area contributed by atoms with Gasteiger partial charge >= 0.3 is 0 Å². The highest BCUT2D eigenvalue weighted by Crippen LogP contribution is 2.20. The molecular formula is C20H23FN8. The van der Waals surface area contributed by atoms with E-state index < -0.39 is 0 Å². The SMILES string of the molecule is CN=C(NCc1ccnc(-n2cccn2)c1)NC1CCN(c2ncccc2F)C1. The van der Waals surface area contributed by atoms with E-state index in [0.717, 1.165) is 24.3 Å². The minimum absolute atomic E-state index is 0.166. The van der Waals surface area contributed by atoms with Crippen molar-refractivity contribution in [2.75, 3.05) is 25.0 Å². The molecule has 1 fully saturated rings. The predicted molar refractivity (Wildman–Crippen MR) is 110 cm³/mol. The standard InChI is InChI=1S/C20H23FN8/c1-22-20(25-13-15-5-9-23-18(12-15)29-10-3-8-26-29)27-16-6-11-28(14-16)19-17(21)4-2-7-24-19/h2-5,7-10,12,16H,6,11,13-14H2,1H3,(H2,22,25,27). The average molecular weight is 394 g/mol. The second kappa shape index (κ2) is 8.68. The van der Waals surface area contributed by atoms with Crippen LogP contribution in [0.2, 0.25) is 0 Å². The molecule has 1 aliphatic rings. The lowest BCUT2D eigenvalue weighted by atomic mass is 10.2. The lowest BCUT2D eigenvalue weighted by Gasteiger charge is -2.20. The van der Waals surface area contributed by atoms with Crippen LogP contribution < -0.4 is 15.5 Å². The van der Waals surface area contributed by atoms with E-state index >= 15 is 0 Å². The summed E-state index contributed by atoms with van der Waals surface area (Å²) in [7, 11) is 1.74. The zero-order valence-corrected chi connectivity index (χ0v) is 16.2. The normalized spacial score (nSPS) is 16.8. The Morgan fingerprint density at radius 1 is 1.24 bits per heavy atom. The van der Waals surface area contributed by atoms with Gasteiger partial charge in [-0.15, -0.1) is 0 Å². The van der Waals surface area contributed by atoms with E-state index in [-0.39, 0.29) is 11.9 Å². The average Bonchev–Trinajstić information content (AvgIpc) is 3.44. The molecule has 9 heteroatoms. The van der Waals surface area contributed by atoms with Crippen molar-refractivity contribution in [2.24, 2.45) is 4.99 Å². The van der Waals surface area contributed by atoms with Gasteiger partial charge in [-0.05, 0) is 42.3 Å². The molecule has 1 aliphatic heterocycles. The molecule has 0 aromatic carbocycles. The third-order valence-corrected chi connectivity index (χ3v) is 4.80. The number of guanidine groups is 1. The van der Waals surface area contributed by atoms with E-state index in [1.807, 2.05) is 29.3 Å². The van der Waals surface area contributed by atoms with Crippen LogP contribution in [0.4, 0.5) is 10.2 Å². The smallest absolute Gasteiger partial charge is 0.191 e. The summed E-state index contributed by atoms with van der Waals surface area (Å²) in [5.74, 6) is 1.58. The second-order valence-electron chi connectivity index (χ2n) is 6.78. The minimum Gasteiger partial charge on any atom is -0.352 e. The van der Waals surface area contributed by atoms with E-state index in [9.17, 15) is 4.39 Å². The van der Waals surface area contributed by atoms with Gasteiger partial charge < -0.3 is 15.5 Å². The van der Waals surface area contributed by atoms with Gasteiger partial charge in [0, 0.05) is 57.5 Å². The van der Waals surface area contributed by atoms with E-state index in [1.54, 1.807) is 36.4 Å². The van der Waals surface area contributed by atoms with Crippen molar-refractivity contribution in [3.8, 4) is 5.82 Å². The number of aliphatic imine (C=N–C) groups is 1. The highest BCUT2D eigenvalue weighted by molar-refractivity contribution is 5.80. The number of nitrogens with one attached hydrogen (secondary N) is 2. The van der Waals surface area contributed by atoms with Gasteiger partial charge in [0.2, 0.25) is 0 Å². The number of pyridine rings is 2. The number of halogens is 1. The fourth-order valence-corrected chi connectivity index (χ4v) is 3.35. The zero-order chi connectivity index (χ0) is 20.1. The second-order valence-corrected chi connectivity index (χ2v) is 6.78. The lowest BCUT2D eigenvalue weighted by molar-refractivity contribution is 0.612. The van der Waals surface area contributed by atoms with E-state index in [0.29, 0.717) is 24.9 Å². The summed E-state index contributed by atoms with van der Waals surface area (Å²) in [6.07, 6.45) is 7.85. The summed E-state index contributed by atoms with van der Waals surface area (Å²) >= 11 is 0. The molecule has 0 saturated carbocycles. The van der Waals surface area contributed by atoms with Crippen LogP contribution in [0.1, 0.15) is 12.0 Å². The Labute approximate surface area is 168 Å². The van der Waals surface area contributed by atoms with Crippen molar-refractivity contribution >= 4 is 11.8 Å². The maximum atomic E-state index is 14.0. The van der Waals surface area contributed by atoms with Crippen LogP contribution in [-0.4, -0.2) is 51.9 Å². The van der Waals surface area contributed by atoms with Crippen molar-refractivity contribution in [3.63, 3.8) is 0 Å². The van der Waals surface area contributed by atoms with Gasteiger partial charge in [-0.25, -0.2) is 19.0 Å². The molecule has 2 N–H and O–H groups in total. The lowest BCUT2D eigenvalue weighted by Crippen LogP contribution is -2.44. The molecule has 3 aromatic rings. The Balaban J connectivity index is 1.33. The first-order valence-electron chi connectivity index (χ1n) is 9.50. The van der Waals surface area contributed by atoms with E-state index in [2.05, 4.69) is 30.7 Å². The molecular weight excluding hydrogens is 371 g/mol. The van der Waals surface area contributed by atoms with Crippen molar-refractivity contribution in [3.05, 3.63) is 66.5 Å². The molecule has 29 heavy (non-hydrogen) atoms. The Morgan fingerprint density at radius 2 is 2.17 bits per heavy atom. The molecule has 0 bridgehead atoms. The summed E-state index contributed by atoms with van der Waals surface area (Å²) in [6, 6.07) is 9.01.